The van der Waals surface area contributed by atoms with Gasteiger partial charge in [0.15, 0.2) is 0 Å². The zero-order valence-electron chi connectivity index (χ0n) is 16.3. The highest BCUT2D eigenvalue weighted by atomic mass is 16.5. The number of ether oxygens (including phenoxy) is 1. The van der Waals surface area contributed by atoms with Crippen LogP contribution in [-0.2, 0) is 11.8 Å². The third-order valence-electron chi connectivity index (χ3n) is 5.41. The SMILES string of the molecule is Cn1nccc1-c1cc(N2CCOCC2(C)C)nc2c1ccn2-c1ccn[nH]1. The summed E-state index contributed by atoms with van der Waals surface area (Å²) in [5.74, 6) is 1.83. The molecule has 1 saturated heterocycles. The fraction of sp³-hybridized carbons (Fsp3) is 0.350. The van der Waals surface area contributed by atoms with Crippen LogP contribution in [0, 0.1) is 0 Å². The van der Waals surface area contributed by atoms with E-state index in [4.69, 9.17) is 9.72 Å². The van der Waals surface area contributed by atoms with Gasteiger partial charge < -0.3 is 9.64 Å². The van der Waals surface area contributed by atoms with Crippen molar-refractivity contribution in [2.45, 2.75) is 19.4 Å². The first-order valence-electron chi connectivity index (χ1n) is 9.40. The minimum atomic E-state index is -0.131. The zero-order chi connectivity index (χ0) is 19.3. The molecule has 0 radical (unpaired) electrons. The van der Waals surface area contributed by atoms with Crippen molar-refractivity contribution >= 4 is 16.9 Å². The molecule has 0 spiro atoms. The van der Waals surface area contributed by atoms with Crippen molar-refractivity contribution < 1.29 is 4.74 Å². The number of nitrogens with one attached hydrogen (secondary N) is 1. The minimum Gasteiger partial charge on any atom is -0.377 e. The zero-order valence-corrected chi connectivity index (χ0v) is 16.3. The molecular formula is C20H23N7O. The van der Waals surface area contributed by atoms with E-state index in [1.165, 1.54) is 0 Å². The van der Waals surface area contributed by atoms with Crippen molar-refractivity contribution in [3.8, 4) is 17.1 Å². The van der Waals surface area contributed by atoms with Crippen molar-refractivity contribution in [3.05, 3.63) is 42.9 Å². The molecule has 0 aromatic carbocycles. The number of hydrogen-bond acceptors (Lipinski definition) is 5. The van der Waals surface area contributed by atoms with Gasteiger partial charge in [0.25, 0.3) is 0 Å². The van der Waals surface area contributed by atoms with Crippen LogP contribution in [0.2, 0.25) is 0 Å². The number of H-pyrrole nitrogens is 1. The number of aryl methyl sites for hydroxylation is 1. The fourth-order valence-electron chi connectivity index (χ4n) is 3.94. The van der Waals surface area contributed by atoms with Gasteiger partial charge in [-0.2, -0.15) is 10.2 Å². The molecule has 0 saturated carbocycles. The molecule has 8 heteroatoms. The van der Waals surface area contributed by atoms with E-state index < -0.39 is 0 Å². The van der Waals surface area contributed by atoms with Crippen LogP contribution in [0.25, 0.3) is 28.1 Å². The first-order chi connectivity index (χ1) is 13.5. The van der Waals surface area contributed by atoms with E-state index in [2.05, 4.69) is 46.2 Å². The lowest BCUT2D eigenvalue weighted by atomic mass is 10.0. The lowest BCUT2D eigenvalue weighted by molar-refractivity contribution is 0.0639. The number of aromatic amines is 1. The Morgan fingerprint density at radius 3 is 2.79 bits per heavy atom. The largest absolute Gasteiger partial charge is 0.377 e. The van der Waals surface area contributed by atoms with Gasteiger partial charge in [0.2, 0.25) is 0 Å². The Hall–Kier alpha value is -3.13. The van der Waals surface area contributed by atoms with E-state index in [1.807, 2.05) is 40.8 Å². The highest BCUT2D eigenvalue weighted by Crippen LogP contribution is 2.35. The summed E-state index contributed by atoms with van der Waals surface area (Å²) in [6.45, 7) is 6.56. The lowest BCUT2D eigenvalue weighted by Gasteiger charge is -2.43. The normalized spacial score (nSPS) is 16.8. The molecule has 4 aromatic rings. The number of fused-ring (bicyclic) bond motifs is 1. The average Bonchev–Trinajstić information content (AvgIpc) is 3.40. The molecule has 5 rings (SSSR count). The number of nitrogens with zero attached hydrogens (tertiary/aromatic N) is 6. The van der Waals surface area contributed by atoms with E-state index in [9.17, 15) is 0 Å². The third-order valence-corrected chi connectivity index (χ3v) is 5.41. The molecule has 28 heavy (non-hydrogen) atoms. The molecule has 0 bridgehead atoms. The van der Waals surface area contributed by atoms with Crippen LogP contribution in [-0.4, -0.2) is 54.8 Å². The van der Waals surface area contributed by atoms with Crippen molar-refractivity contribution in [2.24, 2.45) is 7.05 Å². The van der Waals surface area contributed by atoms with Crippen LogP contribution in [0.3, 0.4) is 0 Å². The van der Waals surface area contributed by atoms with Crippen molar-refractivity contribution in [3.63, 3.8) is 0 Å². The maximum Gasteiger partial charge on any atom is 0.148 e. The van der Waals surface area contributed by atoms with Gasteiger partial charge in [-0.05, 0) is 32.0 Å². The number of anilines is 1. The van der Waals surface area contributed by atoms with Gasteiger partial charge in [0, 0.05) is 43.0 Å². The Morgan fingerprint density at radius 2 is 2.07 bits per heavy atom. The summed E-state index contributed by atoms with van der Waals surface area (Å²) in [5, 5.41) is 12.6. The third kappa shape index (κ3) is 2.60. The summed E-state index contributed by atoms with van der Waals surface area (Å²) in [6.07, 6.45) is 5.60. The number of morpholine rings is 1. The van der Waals surface area contributed by atoms with E-state index in [0.717, 1.165) is 40.5 Å². The van der Waals surface area contributed by atoms with Crippen molar-refractivity contribution in [2.75, 3.05) is 24.7 Å². The van der Waals surface area contributed by atoms with Gasteiger partial charge in [0.05, 0.1) is 30.6 Å². The maximum atomic E-state index is 5.71. The molecule has 0 aliphatic carbocycles. The van der Waals surface area contributed by atoms with Gasteiger partial charge in [-0.1, -0.05) is 0 Å². The first kappa shape index (κ1) is 17.0. The topological polar surface area (TPSA) is 76.8 Å². The Balaban J connectivity index is 1.77. The van der Waals surface area contributed by atoms with Crippen LogP contribution in [0.15, 0.2) is 42.9 Å². The quantitative estimate of drug-likeness (QED) is 0.594. The summed E-state index contributed by atoms with van der Waals surface area (Å²) in [4.78, 5) is 7.40. The Morgan fingerprint density at radius 1 is 1.18 bits per heavy atom. The van der Waals surface area contributed by atoms with Gasteiger partial charge in [-0.15, -0.1) is 0 Å². The second-order valence-electron chi connectivity index (χ2n) is 7.75. The summed E-state index contributed by atoms with van der Waals surface area (Å²) >= 11 is 0. The Labute approximate surface area is 162 Å². The molecule has 0 amide bonds. The maximum absolute atomic E-state index is 5.71. The van der Waals surface area contributed by atoms with E-state index >= 15 is 0 Å². The predicted octanol–water partition coefficient (Wildman–Crippen LogP) is 2.76. The number of aromatic nitrogens is 6. The Bertz CT molecular complexity index is 1120. The highest BCUT2D eigenvalue weighted by Gasteiger charge is 2.32. The molecule has 1 N–H and O–H groups in total. The monoisotopic (exact) mass is 377 g/mol. The van der Waals surface area contributed by atoms with Crippen LogP contribution >= 0.6 is 0 Å². The molecule has 144 valence electrons. The molecule has 1 aliphatic rings. The minimum absolute atomic E-state index is 0.131. The molecule has 0 atom stereocenters. The molecule has 8 nitrogen and oxygen atoms in total. The molecule has 0 unspecified atom stereocenters. The van der Waals surface area contributed by atoms with Gasteiger partial charge in [-0.25, -0.2) is 4.98 Å². The second kappa shape index (κ2) is 6.20. The molecule has 1 aliphatic heterocycles. The summed E-state index contributed by atoms with van der Waals surface area (Å²) in [7, 11) is 1.96. The van der Waals surface area contributed by atoms with E-state index in [-0.39, 0.29) is 5.54 Å². The molecule has 5 heterocycles. The summed E-state index contributed by atoms with van der Waals surface area (Å²) < 4.78 is 9.65. The summed E-state index contributed by atoms with van der Waals surface area (Å²) in [6, 6.07) is 8.25. The number of hydrogen-bond donors (Lipinski definition) is 1. The lowest BCUT2D eigenvalue weighted by Crippen LogP contribution is -2.53. The van der Waals surface area contributed by atoms with Gasteiger partial charge in [0.1, 0.15) is 17.3 Å². The van der Waals surface area contributed by atoms with Gasteiger partial charge in [-0.3, -0.25) is 14.3 Å². The van der Waals surface area contributed by atoms with Crippen LogP contribution in [0.4, 0.5) is 5.82 Å². The smallest absolute Gasteiger partial charge is 0.148 e. The molecular weight excluding hydrogens is 354 g/mol. The highest BCUT2D eigenvalue weighted by molar-refractivity contribution is 5.95. The van der Waals surface area contributed by atoms with Crippen LogP contribution < -0.4 is 4.90 Å². The van der Waals surface area contributed by atoms with E-state index in [0.29, 0.717) is 13.2 Å². The first-order valence-corrected chi connectivity index (χ1v) is 9.40. The van der Waals surface area contributed by atoms with Crippen molar-refractivity contribution in [1.29, 1.82) is 0 Å². The molecule has 1 fully saturated rings. The van der Waals surface area contributed by atoms with E-state index in [1.54, 1.807) is 6.20 Å². The van der Waals surface area contributed by atoms with Gasteiger partial charge >= 0.3 is 0 Å². The van der Waals surface area contributed by atoms with Crippen LogP contribution in [0.5, 0.6) is 0 Å². The second-order valence-corrected chi connectivity index (χ2v) is 7.75. The average molecular weight is 377 g/mol. The fourth-order valence-corrected chi connectivity index (χ4v) is 3.94. The standard InChI is InChI=1S/C20H23N7O/c1-20(2)13-28-11-10-27(20)18-12-15(16-4-8-22-25(16)3)14-6-9-26(19(14)23-18)17-5-7-21-24-17/h4-9,12H,10-11,13H2,1-3H3,(H,21,24). The predicted molar refractivity (Wildman–Crippen MR) is 108 cm³/mol. The van der Waals surface area contributed by atoms with Crippen LogP contribution in [0.1, 0.15) is 13.8 Å². The molecule has 4 aromatic heterocycles. The Kier molecular flexibility index (Phi) is 3.77. The number of pyridine rings is 1. The number of rotatable bonds is 3. The summed E-state index contributed by atoms with van der Waals surface area (Å²) in [5.41, 5.74) is 2.93. The van der Waals surface area contributed by atoms with Crippen molar-refractivity contribution in [1.82, 2.24) is 29.5 Å².